The van der Waals surface area contributed by atoms with Gasteiger partial charge in [-0.2, -0.15) is 4.31 Å². The molecule has 0 unspecified atom stereocenters. The molecule has 9 heteroatoms. The molecular formula is C19H16Cl2N2O4S. The third-order valence-corrected chi connectivity index (χ3v) is 6.71. The van der Waals surface area contributed by atoms with Gasteiger partial charge in [0.1, 0.15) is 11.7 Å². The van der Waals surface area contributed by atoms with Crippen LogP contribution in [0.2, 0.25) is 10.2 Å². The van der Waals surface area contributed by atoms with E-state index in [2.05, 4.69) is 4.98 Å². The number of benzene rings is 2. The van der Waals surface area contributed by atoms with E-state index in [1.165, 1.54) is 24.4 Å². The summed E-state index contributed by atoms with van der Waals surface area (Å²) in [5, 5.41) is 10.6. The summed E-state index contributed by atoms with van der Waals surface area (Å²) >= 11 is 12.2. The molecule has 1 N–H and O–H groups in total. The number of aromatic nitrogens is 1. The maximum absolute atomic E-state index is 13.2. The predicted molar refractivity (Wildman–Crippen MR) is 108 cm³/mol. The lowest BCUT2D eigenvalue weighted by Gasteiger charge is -2.21. The summed E-state index contributed by atoms with van der Waals surface area (Å²) < 4.78 is 27.3. The molecule has 3 aromatic rings. The fraction of sp³-hybridized carbons (Fsp3) is 0.158. The van der Waals surface area contributed by atoms with E-state index in [9.17, 15) is 18.3 Å². The second kappa shape index (κ2) is 8.05. The summed E-state index contributed by atoms with van der Waals surface area (Å²) in [6.07, 6.45) is 1.38. The number of carboxylic acids is 1. The SMILES string of the molecule is Cc1ccccc1CN(CC(=O)O)S(=O)(=O)c1ccc2c(Cl)cnc(Cl)c2c1. The predicted octanol–water partition coefficient (Wildman–Crippen LogP) is 4.13. The lowest BCUT2D eigenvalue weighted by Crippen LogP contribution is -2.35. The summed E-state index contributed by atoms with van der Waals surface area (Å²) in [4.78, 5) is 15.2. The molecule has 146 valence electrons. The van der Waals surface area contributed by atoms with Crippen LogP contribution >= 0.6 is 23.2 Å². The van der Waals surface area contributed by atoms with Crippen LogP contribution in [0.3, 0.4) is 0 Å². The smallest absolute Gasteiger partial charge is 0.318 e. The molecule has 28 heavy (non-hydrogen) atoms. The zero-order valence-electron chi connectivity index (χ0n) is 14.8. The largest absolute Gasteiger partial charge is 0.480 e. The lowest BCUT2D eigenvalue weighted by molar-refractivity contribution is -0.137. The first-order chi connectivity index (χ1) is 13.2. The van der Waals surface area contributed by atoms with Crippen molar-refractivity contribution >= 4 is 50.0 Å². The molecule has 0 aliphatic carbocycles. The summed E-state index contributed by atoms with van der Waals surface area (Å²) in [6, 6.07) is 11.5. The van der Waals surface area contributed by atoms with Crippen LogP contribution in [0, 0.1) is 6.92 Å². The topological polar surface area (TPSA) is 87.6 Å². The van der Waals surface area contributed by atoms with Crippen LogP contribution in [0.4, 0.5) is 0 Å². The molecule has 1 heterocycles. The van der Waals surface area contributed by atoms with Gasteiger partial charge in [0.05, 0.1) is 9.92 Å². The molecule has 2 aromatic carbocycles. The van der Waals surface area contributed by atoms with Gasteiger partial charge in [-0.25, -0.2) is 13.4 Å². The van der Waals surface area contributed by atoms with Crippen LogP contribution < -0.4 is 0 Å². The molecule has 0 atom stereocenters. The Kier molecular flexibility index (Phi) is 5.90. The van der Waals surface area contributed by atoms with Crippen molar-refractivity contribution in [2.75, 3.05) is 6.54 Å². The zero-order valence-corrected chi connectivity index (χ0v) is 17.1. The van der Waals surface area contributed by atoms with Crippen LogP contribution in [0.25, 0.3) is 10.8 Å². The van der Waals surface area contributed by atoms with Crippen molar-refractivity contribution in [3.63, 3.8) is 0 Å². The van der Waals surface area contributed by atoms with E-state index in [1.54, 1.807) is 12.1 Å². The summed E-state index contributed by atoms with van der Waals surface area (Å²) in [6.45, 7) is 1.10. The Bertz CT molecular complexity index is 1170. The number of sulfonamides is 1. The van der Waals surface area contributed by atoms with Gasteiger partial charge in [0, 0.05) is 23.5 Å². The van der Waals surface area contributed by atoms with Crippen molar-refractivity contribution in [2.45, 2.75) is 18.4 Å². The molecule has 3 rings (SSSR count). The average molecular weight is 439 g/mol. The molecule has 0 saturated heterocycles. The van der Waals surface area contributed by atoms with Gasteiger partial charge < -0.3 is 5.11 Å². The van der Waals surface area contributed by atoms with E-state index < -0.39 is 22.5 Å². The number of hydrogen-bond donors (Lipinski definition) is 1. The maximum Gasteiger partial charge on any atom is 0.318 e. The minimum Gasteiger partial charge on any atom is -0.480 e. The van der Waals surface area contributed by atoms with E-state index in [4.69, 9.17) is 23.2 Å². The molecular weight excluding hydrogens is 423 g/mol. The third-order valence-electron chi connectivity index (χ3n) is 4.32. The number of hydrogen-bond acceptors (Lipinski definition) is 4. The maximum atomic E-state index is 13.2. The van der Waals surface area contributed by atoms with Gasteiger partial charge in [-0.3, -0.25) is 4.79 Å². The molecule has 0 radical (unpaired) electrons. The third kappa shape index (κ3) is 4.12. The van der Waals surface area contributed by atoms with E-state index in [0.717, 1.165) is 15.4 Å². The molecule has 1 aromatic heterocycles. The second-order valence-corrected chi connectivity index (χ2v) is 8.90. The van der Waals surface area contributed by atoms with Gasteiger partial charge in [0.25, 0.3) is 0 Å². The van der Waals surface area contributed by atoms with Gasteiger partial charge in [-0.15, -0.1) is 0 Å². The number of rotatable bonds is 6. The molecule has 0 amide bonds. The van der Waals surface area contributed by atoms with Gasteiger partial charge in [0.15, 0.2) is 0 Å². The fourth-order valence-electron chi connectivity index (χ4n) is 2.82. The first-order valence-corrected chi connectivity index (χ1v) is 10.4. The van der Waals surface area contributed by atoms with E-state index >= 15 is 0 Å². The Hall–Kier alpha value is -2.19. The van der Waals surface area contributed by atoms with Crippen LogP contribution in [0.5, 0.6) is 0 Å². The number of carbonyl (C=O) groups is 1. The number of fused-ring (bicyclic) bond motifs is 1. The highest BCUT2D eigenvalue weighted by Gasteiger charge is 2.28. The summed E-state index contributed by atoms with van der Waals surface area (Å²) in [5.41, 5.74) is 1.58. The number of halogens is 2. The van der Waals surface area contributed by atoms with Gasteiger partial charge in [-0.05, 0) is 30.2 Å². The number of nitrogens with zero attached hydrogens (tertiary/aromatic N) is 2. The van der Waals surface area contributed by atoms with Crippen molar-refractivity contribution in [3.8, 4) is 0 Å². The quantitative estimate of drug-likeness (QED) is 0.584. The Morgan fingerprint density at radius 1 is 1.14 bits per heavy atom. The van der Waals surface area contributed by atoms with Crippen LogP contribution in [0.1, 0.15) is 11.1 Å². The van der Waals surface area contributed by atoms with E-state index in [0.29, 0.717) is 15.8 Å². The average Bonchev–Trinajstić information content (AvgIpc) is 2.65. The van der Waals surface area contributed by atoms with Crippen LogP contribution in [0.15, 0.2) is 53.6 Å². The van der Waals surface area contributed by atoms with Crippen molar-refractivity contribution in [3.05, 3.63) is 70.0 Å². The molecule has 0 spiro atoms. The Labute approximate surface area is 172 Å². The monoisotopic (exact) mass is 438 g/mol. The normalized spacial score (nSPS) is 11.9. The minimum absolute atomic E-state index is 0.0686. The van der Waals surface area contributed by atoms with Crippen molar-refractivity contribution in [1.29, 1.82) is 0 Å². The standard InChI is InChI=1S/C19H16Cl2N2O4S/c1-12-4-2-3-5-13(12)10-23(11-18(24)25)28(26,27)14-6-7-15-16(8-14)19(21)22-9-17(15)20/h2-9H,10-11H2,1H3,(H,24,25). The zero-order chi connectivity index (χ0) is 20.5. The molecule has 0 bridgehead atoms. The van der Waals surface area contributed by atoms with Crippen LogP contribution in [-0.4, -0.2) is 35.3 Å². The number of carboxylic acid groups (broad SMARTS) is 1. The van der Waals surface area contributed by atoms with Crippen molar-refractivity contribution in [1.82, 2.24) is 9.29 Å². The van der Waals surface area contributed by atoms with Crippen molar-refractivity contribution in [2.24, 2.45) is 0 Å². The molecule has 0 saturated carbocycles. The number of pyridine rings is 1. The van der Waals surface area contributed by atoms with Crippen molar-refractivity contribution < 1.29 is 18.3 Å². The highest BCUT2D eigenvalue weighted by atomic mass is 35.5. The Morgan fingerprint density at radius 3 is 2.54 bits per heavy atom. The fourth-order valence-corrected chi connectivity index (χ4v) is 4.63. The van der Waals surface area contributed by atoms with Gasteiger partial charge in [-0.1, -0.05) is 53.5 Å². The second-order valence-electron chi connectivity index (χ2n) is 6.20. The molecule has 0 fully saturated rings. The minimum atomic E-state index is -4.11. The van der Waals surface area contributed by atoms with E-state index in [1.807, 2.05) is 19.1 Å². The Balaban J connectivity index is 2.08. The number of aryl methyl sites for hydroxylation is 1. The van der Waals surface area contributed by atoms with Gasteiger partial charge >= 0.3 is 5.97 Å². The Morgan fingerprint density at radius 2 is 1.86 bits per heavy atom. The number of aliphatic carboxylic acids is 1. The van der Waals surface area contributed by atoms with E-state index in [-0.39, 0.29) is 16.6 Å². The molecule has 6 nitrogen and oxygen atoms in total. The highest BCUT2D eigenvalue weighted by Crippen LogP contribution is 2.31. The molecule has 0 aliphatic heterocycles. The highest BCUT2D eigenvalue weighted by molar-refractivity contribution is 7.89. The molecule has 0 aliphatic rings. The lowest BCUT2D eigenvalue weighted by atomic mass is 10.1. The summed E-state index contributed by atoms with van der Waals surface area (Å²) in [7, 11) is -4.11. The first-order valence-electron chi connectivity index (χ1n) is 8.20. The van der Waals surface area contributed by atoms with Crippen LogP contribution in [-0.2, 0) is 21.4 Å². The summed E-state index contributed by atoms with van der Waals surface area (Å²) in [5.74, 6) is -1.25. The first kappa shape index (κ1) is 20.5. The van der Waals surface area contributed by atoms with Gasteiger partial charge in [0.2, 0.25) is 10.0 Å².